The highest BCUT2D eigenvalue weighted by Gasteiger charge is 2.22. The number of carbonyl (C=O) groups excluding carboxylic acids is 1. The lowest BCUT2D eigenvalue weighted by atomic mass is 9.87. The first-order valence-electron chi connectivity index (χ1n) is 8.99. The van der Waals surface area contributed by atoms with Crippen LogP contribution < -0.4 is 5.43 Å². The molecule has 6 heteroatoms. The van der Waals surface area contributed by atoms with Gasteiger partial charge >= 0.3 is 0 Å². The number of rotatable bonds is 5. The smallest absolute Gasteiger partial charge is 0.281 e. The van der Waals surface area contributed by atoms with E-state index in [1.54, 1.807) is 0 Å². The van der Waals surface area contributed by atoms with Gasteiger partial charge in [0.15, 0.2) is 0 Å². The number of fused-ring (bicyclic) bond motifs is 1. The highest BCUT2D eigenvalue weighted by Crippen LogP contribution is 2.33. The van der Waals surface area contributed by atoms with E-state index in [9.17, 15) is 14.3 Å². The van der Waals surface area contributed by atoms with E-state index in [4.69, 9.17) is 0 Å². The van der Waals surface area contributed by atoms with Crippen molar-refractivity contribution in [1.29, 1.82) is 0 Å². The minimum atomic E-state index is -0.457. The van der Waals surface area contributed by atoms with Crippen LogP contribution in [0.5, 0.6) is 5.75 Å². The first-order valence-corrected chi connectivity index (χ1v) is 9.80. The number of halogens is 1. The molecule has 1 aromatic carbocycles. The Kier molecular flexibility index (Phi) is 5.71. The molecule has 1 amide bonds. The first-order chi connectivity index (χ1) is 12.5. The Morgan fingerprint density at radius 2 is 2.19 bits per heavy atom. The summed E-state index contributed by atoms with van der Waals surface area (Å²) in [5.74, 6) is -0.0758. The van der Waals surface area contributed by atoms with Gasteiger partial charge < -0.3 is 5.11 Å². The Morgan fingerprint density at radius 3 is 2.92 bits per heavy atom. The molecule has 0 aliphatic heterocycles. The van der Waals surface area contributed by atoms with Crippen LogP contribution in [0.25, 0.3) is 0 Å². The summed E-state index contributed by atoms with van der Waals surface area (Å²) >= 11 is 1.53. The Labute approximate surface area is 156 Å². The van der Waals surface area contributed by atoms with Crippen molar-refractivity contribution in [2.75, 3.05) is 0 Å². The number of benzene rings is 1. The van der Waals surface area contributed by atoms with Crippen molar-refractivity contribution in [1.82, 2.24) is 5.43 Å². The second-order valence-electron chi connectivity index (χ2n) is 6.59. The second kappa shape index (κ2) is 7.99. The summed E-state index contributed by atoms with van der Waals surface area (Å²) in [6.45, 7) is 4.04. The average Bonchev–Trinajstić information content (AvgIpc) is 3.07. The van der Waals surface area contributed by atoms with E-state index in [-0.39, 0.29) is 11.7 Å². The van der Waals surface area contributed by atoms with Gasteiger partial charge in [0.05, 0.1) is 10.6 Å². The number of thiophene rings is 1. The number of amides is 1. The maximum Gasteiger partial charge on any atom is 0.281 e. The highest BCUT2D eigenvalue weighted by atomic mass is 32.1. The third-order valence-corrected chi connectivity index (χ3v) is 6.12. The molecule has 0 spiro atoms. The van der Waals surface area contributed by atoms with E-state index in [1.165, 1.54) is 46.4 Å². The maximum absolute atomic E-state index is 13.4. The van der Waals surface area contributed by atoms with Crippen molar-refractivity contribution in [2.45, 2.75) is 46.0 Å². The summed E-state index contributed by atoms with van der Waals surface area (Å²) in [4.78, 5) is 14.4. The van der Waals surface area contributed by atoms with Crippen LogP contribution in [0.1, 0.15) is 58.8 Å². The van der Waals surface area contributed by atoms with Gasteiger partial charge in [-0.1, -0.05) is 20.3 Å². The van der Waals surface area contributed by atoms with Crippen LogP contribution in [0, 0.1) is 11.7 Å². The summed E-state index contributed by atoms with van der Waals surface area (Å²) in [6, 6.07) is 5.66. The van der Waals surface area contributed by atoms with E-state index in [0.717, 1.165) is 19.3 Å². The molecular weight excluding hydrogens is 351 g/mol. The molecule has 1 aliphatic rings. The summed E-state index contributed by atoms with van der Waals surface area (Å²) in [6.07, 6.45) is 4.87. The summed E-state index contributed by atoms with van der Waals surface area (Å²) in [7, 11) is 0. The first kappa shape index (κ1) is 18.6. The van der Waals surface area contributed by atoms with Crippen LogP contribution in [0.2, 0.25) is 0 Å². The quantitative estimate of drug-likeness (QED) is 0.591. The average molecular weight is 374 g/mol. The fourth-order valence-electron chi connectivity index (χ4n) is 3.30. The predicted molar refractivity (Wildman–Crippen MR) is 102 cm³/mol. The topological polar surface area (TPSA) is 61.7 Å². The molecule has 0 saturated carbocycles. The number of aryl methyl sites for hydroxylation is 1. The molecule has 1 aromatic heterocycles. The normalized spacial score (nSPS) is 17.0. The molecule has 26 heavy (non-hydrogen) atoms. The number of hydrogen-bond acceptors (Lipinski definition) is 4. The van der Waals surface area contributed by atoms with E-state index in [1.807, 2.05) is 13.0 Å². The van der Waals surface area contributed by atoms with Crippen LogP contribution in [-0.4, -0.2) is 16.7 Å². The van der Waals surface area contributed by atoms with Crippen LogP contribution in [0.3, 0.4) is 0 Å². The van der Waals surface area contributed by atoms with Crippen LogP contribution in [0.15, 0.2) is 29.4 Å². The van der Waals surface area contributed by atoms with Gasteiger partial charge in [-0.05, 0) is 61.4 Å². The molecule has 3 rings (SSSR count). The van der Waals surface area contributed by atoms with Gasteiger partial charge in [0.25, 0.3) is 5.91 Å². The van der Waals surface area contributed by atoms with Gasteiger partial charge in [0.1, 0.15) is 11.6 Å². The summed E-state index contributed by atoms with van der Waals surface area (Å²) < 4.78 is 13.4. The van der Waals surface area contributed by atoms with Crippen LogP contribution in [-0.2, 0) is 12.8 Å². The Morgan fingerprint density at radius 1 is 1.38 bits per heavy atom. The van der Waals surface area contributed by atoms with E-state index >= 15 is 0 Å². The molecule has 2 N–H and O–H groups in total. The van der Waals surface area contributed by atoms with Crippen molar-refractivity contribution in [3.05, 3.63) is 51.0 Å². The Balaban J connectivity index is 1.76. The summed E-state index contributed by atoms with van der Waals surface area (Å²) in [5, 5.41) is 14.0. The standard InChI is InChI=1S/C20H23FN2O2S/c1-3-12-5-8-18-13(9-12)10-19(26-18)20(25)23-22-16(4-2)15-11-14(21)6-7-17(15)24/h6-7,10-12,24H,3-5,8-9H2,1-2H3,(H,23,25)/b22-16+/t12-/m1/s1. The third-order valence-electron chi connectivity index (χ3n) is 4.88. The third kappa shape index (κ3) is 3.96. The van der Waals surface area contributed by atoms with Crippen molar-refractivity contribution in [2.24, 2.45) is 11.0 Å². The Hall–Kier alpha value is -2.21. The van der Waals surface area contributed by atoms with Crippen LogP contribution in [0.4, 0.5) is 4.39 Å². The van der Waals surface area contributed by atoms with Gasteiger partial charge in [-0.15, -0.1) is 11.3 Å². The lowest BCUT2D eigenvalue weighted by molar-refractivity contribution is 0.0958. The molecule has 2 aromatic rings. The number of phenols is 1. The zero-order valence-electron chi connectivity index (χ0n) is 15.0. The number of nitrogens with one attached hydrogen (secondary N) is 1. The van der Waals surface area contributed by atoms with Gasteiger partial charge in [-0.2, -0.15) is 5.10 Å². The molecule has 1 aliphatic carbocycles. The fraction of sp³-hybridized carbons (Fsp3) is 0.400. The maximum atomic E-state index is 13.4. The monoisotopic (exact) mass is 374 g/mol. The predicted octanol–water partition coefficient (Wildman–Crippen LogP) is 4.65. The molecule has 0 fully saturated rings. The number of phenolic OH excluding ortho intramolecular Hbond substituents is 1. The molecule has 0 bridgehead atoms. The number of hydrogen-bond donors (Lipinski definition) is 2. The molecule has 0 saturated heterocycles. The van der Waals surface area contributed by atoms with Crippen LogP contribution >= 0.6 is 11.3 Å². The molecule has 0 radical (unpaired) electrons. The lowest BCUT2D eigenvalue weighted by Gasteiger charge is -2.19. The molecule has 0 unspecified atom stereocenters. The van der Waals surface area contributed by atoms with Gasteiger partial charge in [0.2, 0.25) is 0 Å². The van der Waals surface area contributed by atoms with Gasteiger partial charge in [-0.3, -0.25) is 4.79 Å². The molecule has 138 valence electrons. The molecule has 4 nitrogen and oxygen atoms in total. The fourth-order valence-corrected chi connectivity index (χ4v) is 4.40. The Bertz CT molecular complexity index is 844. The molecular formula is C20H23FN2O2S. The minimum absolute atomic E-state index is 0.0570. The van der Waals surface area contributed by atoms with Crippen molar-refractivity contribution >= 4 is 23.0 Å². The number of aromatic hydroxyl groups is 1. The SMILES string of the molecule is CC/C(=N\NC(=O)c1cc2c(s1)CC[C@@H](CC)C2)c1cc(F)ccc1O. The largest absolute Gasteiger partial charge is 0.507 e. The number of carbonyl (C=O) groups is 1. The number of nitrogens with zero attached hydrogens (tertiary/aromatic N) is 1. The zero-order chi connectivity index (χ0) is 18.7. The van der Waals surface area contributed by atoms with Gasteiger partial charge in [0, 0.05) is 10.4 Å². The van der Waals surface area contributed by atoms with E-state index < -0.39 is 5.82 Å². The zero-order valence-corrected chi connectivity index (χ0v) is 15.8. The summed E-state index contributed by atoms with van der Waals surface area (Å²) in [5.41, 5.74) is 4.56. The highest BCUT2D eigenvalue weighted by molar-refractivity contribution is 7.14. The van der Waals surface area contributed by atoms with E-state index in [0.29, 0.717) is 28.5 Å². The molecule has 1 heterocycles. The van der Waals surface area contributed by atoms with Crippen molar-refractivity contribution in [3.8, 4) is 5.75 Å². The van der Waals surface area contributed by atoms with Gasteiger partial charge in [-0.25, -0.2) is 9.82 Å². The number of hydrazone groups is 1. The second-order valence-corrected chi connectivity index (χ2v) is 7.73. The minimum Gasteiger partial charge on any atom is -0.507 e. The molecule has 1 atom stereocenters. The van der Waals surface area contributed by atoms with Crippen molar-refractivity contribution < 1.29 is 14.3 Å². The van der Waals surface area contributed by atoms with E-state index in [2.05, 4.69) is 17.5 Å². The lowest BCUT2D eigenvalue weighted by Crippen LogP contribution is -2.19. The van der Waals surface area contributed by atoms with Crippen molar-refractivity contribution in [3.63, 3.8) is 0 Å².